The smallest absolute Gasteiger partial charge is 0.129 e. The molecular weight excluding hydrogens is 253 g/mol. The molecule has 1 N–H and O–H groups in total. The van der Waals surface area contributed by atoms with Crippen molar-refractivity contribution in [1.82, 2.24) is 5.32 Å². The molecule has 1 aromatic rings. The van der Waals surface area contributed by atoms with E-state index in [-0.39, 0.29) is 11.9 Å². The molecule has 0 radical (unpaired) electrons. The van der Waals surface area contributed by atoms with Gasteiger partial charge in [-0.1, -0.05) is 19.1 Å². The van der Waals surface area contributed by atoms with Gasteiger partial charge in [0.1, 0.15) is 5.82 Å². The lowest BCUT2D eigenvalue weighted by Crippen LogP contribution is -2.34. The minimum Gasteiger partial charge on any atom is -0.381 e. The molecule has 2 nitrogen and oxygen atoms in total. The largest absolute Gasteiger partial charge is 0.381 e. The van der Waals surface area contributed by atoms with E-state index in [1.165, 1.54) is 12.0 Å². The van der Waals surface area contributed by atoms with Crippen LogP contribution in [0.3, 0.4) is 0 Å². The lowest BCUT2D eigenvalue weighted by Gasteiger charge is -2.32. The van der Waals surface area contributed by atoms with Gasteiger partial charge in [0.15, 0.2) is 0 Å². The monoisotopic (exact) mass is 279 g/mol. The van der Waals surface area contributed by atoms with Gasteiger partial charge in [-0.05, 0) is 56.3 Å². The lowest BCUT2D eigenvalue weighted by molar-refractivity contribution is 0.0390. The fourth-order valence-corrected chi connectivity index (χ4v) is 3.04. The summed E-state index contributed by atoms with van der Waals surface area (Å²) < 4.78 is 19.5. The van der Waals surface area contributed by atoms with Gasteiger partial charge in [0.05, 0.1) is 6.61 Å². The maximum atomic E-state index is 13.8. The van der Waals surface area contributed by atoms with Crippen molar-refractivity contribution in [3.8, 4) is 0 Å². The fourth-order valence-electron chi connectivity index (χ4n) is 3.04. The molecule has 1 aliphatic rings. The van der Waals surface area contributed by atoms with Crippen LogP contribution in [-0.2, 0) is 4.74 Å². The van der Waals surface area contributed by atoms with Crippen molar-refractivity contribution in [1.29, 1.82) is 0 Å². The first-order valence-corrected chi connectivity index (χ1v) is 7.71. The molecule has 1 aromatic carbocycles. The zero-order valence-electron chi connectivity index (χ0n) is 12.8. The van der Waals surface area contributed by atoms with Crippen LogP contribution in [0.1, 0.15) is 48.9 Å². The molecule has 0 amide bonds. The van der Waals surface area contributed by atoms with Gasteiger partial charge < -0.3 is 10.1 Å². The third-order valence-electron chi connectivity index (χ3n) is 4.10. The third-order valence-corrected chi connectivity index (χ3v) is 4.10. The molecule has 112 valence electrons. The van der Waals surface area contributed by atoms with Crippen molar-refractivity contribution in [3.05, 3.63) is 34.6 Å². The van der Waals surface area contributed by atoms with Gasteiger partial charge >= 0.3 is 0 Å². The Kier molecular flexibility index (Phi) is 5.55. The lowest BCUT2D eigenvalue weighted by atomic mass is 9.87. The summed E-state index contributed by atoms with van der Waals surface area (Å²) in [6.45, 7) is 8.52. The van der Waals surface area contributed by atoms with E-state index in [0.29, 0.717) is 5.92 Å². The molecule has 0 aliphatic carbocycles. The fraction of sp³-hybridized carbons (Fsp3) is 0.647. The van der Waals surface area contributed by atoms with Crippen molar-refractivity contribution < 1.29 is 9.13 Å². The van der Waals surface area contributed by atoms with E-state index in [9.17, 15) is 4.39 Å². The average molecular weight is 279 g/mol. The van der Waals surface area contributed by atoms with Crippen molar-refractivity contribution >= 4 is 0 Å². The predicted molar refractivity (Wildman–Crippen MR) is 80.5 cm³/mol. The number of hydrogen-bond acceptors (Lipinski definition) is 2. The Morgan fingerprint density at radius 2 is 2.05 bits per heavy atom. The van der Waals surface area contributed by atoms with Gasteiger partial charge in [0.2, 0.25) is 0 Å². The topological polar surface area (TPSA) is 21.3 Å². The normalized spacial score (nSPS) is 20.9. The van der Waals surface area contributed by atoms with Crippen LogP contribution in [0.15, 0.2) is 12.1 Å². The molecule has 0 saturated carbocycles. The standard InChI is InChI=1S/C17H26FNO/c1-4-7-19-17(14-6-5-8-20-11-14)15-9-12(2)16(18)13(3)10-15/h9-10,14,17,19H,4-8,11H2,1-3H3. The number of aryl methyl sites for hydroxylation is 2. The summed E-state index contributed by atoms with van der Waals surface area (Å²) in [6, 6.07) is 4.25. The molecule has 1 heterocycles. The van der Waals surface area contributed by atoms with Crippen LogP contribution in [0.4, 0.5) is 4.39 Å². The minimum absolute atomic E-state index is 0.0807. The van der Waals surface area contributed by atoms with Crippen LogP contribution in [0.25, 0.3) is 0 Å². The van der Waals surface area contributed by atoms with Crippen LogP contribution >= 0.6 is 0 Å². The van der Waals surface area contributed by atoms with Crippen molar-refractivity contribution in [2.24, 2.45) is 5.92 Å². The van der Waals surface area contributed by atoms with Crippen molar-refractivity contribution in [3.63, 3.8) is 0 Å². The van der Waals surface area contributed by atoms with Crippen LogP contribution in [0.5, 0.6) is 0 Å². The molecule has 0 spiro atoms. The Bertz CT molecular complexity index is 418. The molecule has 2 unspecified atom stereocenters. The first-order valence-electron chi connectivity index (χ1n) is 7.71. The number of benzene rings is 1. The summed E-state index contributed by atoms with van der Waals surface area (Å²) in [5.41, 5.74) is 2.67. The highest BCUT2D eigenvalue weighted by Gasteiger charge is 2.26. The van der Waals surface area contributed by atoms with E-state index < -0.39 is 0 Å². The van der Waals surface area contributed by atoms with Gasteiger partial charge in [-0.25, -0.2) is 4.39 Å². The second-order valence-electron chi connectivity index (χ2n) is 5.88. The molecule has 3 heteroatoms. The van der Waals surface area contributed by atoms with Crippen LogP contribution in [-0.4, -0.2) is 19.8 Å². The Morgan fingerprint density at radius 3 is 2.60 bits per heavy atom. The first-order chi connectivity index (χ1) is 9.63. The van der Waals surface area contributed by atoms with E-state index in [2.05, 4.69) is 12.2 Å². The second-order valence-corrected chi connectivity index (χ2v) is 5.88. The van der Waals surface area contributed by atoms with E-state index in [1.807, 2.05) is 26.0 Å². The van der Waals surface area contributed by atoms with E-state index in [4.69, 9.17) is 4.74 Å². The summed E-state index contributed by atoms with van der Waals surface area (Å²) in [5.74, 6) is 0.405. The van der Waals surface area contributed by atoms with Crippen molar-refractivity contribution in [2.45, 2.75) is 46.1 Å². The number of nitrogens with one attached hydrogen (secondary N) is 1. The minimum atomic E-state index is -0.0807. The maximum Gasteiger partial charge on any atom is 0.129 e. The summed E-state index contributed by atoms with van der Waals surface area (Å²) in [6.07, 6.45) is 3.40. The summed E-state index contributed by atoms with van der Waals surface area (Å²) >= 11 is 0. The van der Waals surface area contributed by atoms with Gasteiger partial charge in [-0.3, -0.25) is 0 Å². The molecular formula is C17H26FNO. The second kappa shape index (κ2) is 7.19. The molecule has 0 aromatic heterocycles. The number of ether oxygens (including phenoxy) is 1. The third kappa shape index (κ3) is 3.58. The summed E-state index contributed by atoms with van der Waals surface area (Å²) in [4.78, 5) is 0. The first kappa shape index (κ1) is 15.5. The zero-order valence-corrected chi connectivity index (χ0v) is 12.8. The van der Waals surface area contributed by atoms with E-state index in [1.54, 1.807) is 0 Å². The van der Waals surface area contributed by atoms with Gasteiger partial charge in [-0.2, -0.15) is 0 Å². The average Bonchev–Trinajstić information content (AvgIpc) is 2.46. The summed E-state index contributed by atoms with van der Waals surface area (Å²) in [5, 5.41) is 3.63. The molecule has 1 saturated heterocycles. The molecule has 2 rings (SSSR count). The highest BCUT2D eigenvalue weighted by atomic mass is 19.1. The SMILES string of the molecule is CCCNC(c1cc(C)c(F)c(C)c1)C1CCCOC1. The summed E-state index contributed by atoms with van der Waals surface area (Å²) in [7, 11) is 0. The van der Waals surface area contributed by atoms with Crippen LogP contribution < -0.4 is 5.32 Å². The van der Waals surface area contributed by atoms with Gasteiger partial charge in [-0.15, -0.1) is 0 Å². The molecule has 20 heavy (non-hydrogen) atoms. The Balaban J connectivity index is 2.25. The molecule has 1 aliphatic heterocycles. The maximum absolute atomic E-state index is 13.8. The van der Waals surface area contributed by atoms with E-state index in [0.717, 1.165) is 43.7 Å². The predicted octanol–water partition coefficient (Wildman–Crippen LogP) is 3.91. The Labute approximate surface area is 121 Å². The van der Waals surface area contributed by atoms with Crippen LogP contribution in [0, 0.1) is 25.6 Å². The number of halogens is 1. The highest BCUT2D eigenvalue weighted by Crippen LogP contribution is 2.30. The molecule has 2 atom stereocenters. The Morgan fingerprint density at radius 1 is 1.35 bits per heavy atom. The van der Waals surface area contributed by atoms with Gasteiger partial charge in [0.25, 0.3) is 0 Å². The van der Waals surface area contributed by atoms with Gasteiger partial charge in [0, 0.05) is 18.6 Å². The molecule has 1 fully saturated rings. The van der Waals surface area contributed by atoms with Crippen molar-refractivity contribution in [2.75, 3.05) is 19.8 Å². The van der Waals surface area contributed by atoms with E-state index >= 15 is 0 Å². The quantitative estimate of drug-likeness (QED) is 0.882. The Hall–Kier alpha value is -0.930. The highest BCUT2D eigenvalue weighted by molar-refractivity contribution is 5.32. The van der Waals surface area contributed by atoms with Crippen LogP contribution in [0.2, 0.25) is 0 Å². The number of rotatable bonds is 5. The number of hydrogen-bond donors (Lipinski definition) is 1. The zero-order chi connectivity index (χ0) is 14.5. The molecule has 0 bridgehead atoms.